The molecule has 0 spiro atoms. The molecule has 0 unspecified atom stereocenters. The van der Waals surface area contributed by atoms with Crippen LogP contribution in [0.15, 0.2) is 0 Å². The highest BCUT2D eigenvalue weighted by Gasteiger charge is 2.31. The third kappa shape index (κ3) is 19.3. The van der Waals surface area contributed by atoms with Gasteiger partial charge in [-0.25, -0.2) is 4.79 Å². The lowest BCUT2D eigenvalue weighted by Gasteiger charge is -2.27. The normalized spacial score (nSPS) is 14.6. The number of carboxylic acids is 1. The Kier molecular flexibility index (Phi) is 23.7. The molecule has 0 aliphatic rings. The van der Waals surface area contributed by atoms with Gasteiger partial charge in [0, 0.05) is 0 Å². The van der Waals surface area contributed by atoms with E-state index in [1.807, 2.05) is 13.8 Å². The molecule has 0 heterocycles. The van der Waals surface area contributed by atoms with E-state index < -0.39 is 59.8 Å². The van der Waals surface area contributed by atoms with Crippen molar-refractivity contribution < 1.29 is 29.1 Å². The fourth-order valence-electron chi connectivity index (χ4n) is 4.75. The van der Waals surface area contributed by atoms with Crippen LogP contribution in [0.1, 0.15) is 97.3 Å². The average Bonchev–Trinajstić information content (AvgIpc) is 2.98. The average molecular weight is 644 g/mol. The third-order valence-corrected chi connectivity index (χ3v) is 7.36. The van der Waals surface area contributed by atoms with Gasteiger partial charge in [0.1, 0.15) is 24.2 Å². The molecular weight excluding hydrogens is 582 g/mol. The molecule has 0 bridgehead atoms. The number of carbonyl (C=O) groups is 5. The Labute approximate surface area is 268 Å². The minimum atomic E-state index is -1.19. The summed E-state index contributed by atoms with van der Waals surface area (Å²) >= 11 is 0. The van der Waals surface area contributed by atoms with Gasteiger partial charge in [-0.1, -0.05) is 13.8 Å². The van der Waals surface area contributed by atoms with Crippen molar-refractivity contribution in [1.82, 2.24) is 21.3 Å². The van der Waals surface area contributed by atoms with Crippen LogP contribution in [0, 0.1) is 5.92 Å². The lowest BCUT2D eigenvalue weighted by Crippen LogP contribution is -2.58. The van der Waals surface area contributed by atoms with Crippen LogP contribution in [-0.2, 0) is 24.0 Å². The first-order valence-electron chi connectivity index (χ1n) is 16.4. The first-order valence-corrected chi connectivity index (χ1v) is 16.4. The molecule has 0 radical (unpaired) electrons. The highest BCUT2D eigenvalue weighted by molar-refractivity contribution is 5.95. The summed E-state index contributed by atoms with van der Waals surface area (Å²) in [6.45, 7) is 5.47. The van der Waals surface area contributed by atoms with Crippen molar-refractivity contribution in [3.8, 4) is 0 Å². The summed E-state index contributed by atoms with van der Waals surface area (Å²) in [5.41, 5.74) is 28.5. The van der Waals surface area contributed by atoms with E-state index in [0.29, 0.717) is 90.4 Å². The molecule has 0 aromatic heterocycles. The van der Waals surface area contributed by atoms with E-state index in [4.69, 9.17) is 28.7 Å². The Morgan fingerprint density at radius 3 is 1.09 bits per heavy atom. The molecule has 15 heteroatoms. The van der Waals surface area contributed by atoms with E-state index in [0.717, 1.165) is 0 Å². The zero-order chi connectivity index (χ0) is 34.2. The second-order valence-electron chi connectivity index (χ2n) is 12.0. The van der Waals surface area contributed by atoms with Crippen molar-refractivity contribution in [1.29, 1.82) is 0 Å². The second-order valence-corrected chi connectivity index (χ2v) is 12.0. The van der Waals surface area contributed by atoms with Crippen LogP contribution in [0.2, 0.25) is 0 Å². The summed E-state index contributed by atoms with van der Waals surface area (Å²) in [4.78, 5) is 64.8. The monoisotopic (exact) mass is 643 g/mol. The summed E-state index contributed by atoms with van der Waals surface area (Å²) in [7, 11) is 0. The number of nitrogens with two attached hydrogens (primary N) is 5. The first kappa shape index (κ1) is 42.1. The van der Waals surface area contributed by atoms with Crippen LogP contribution in [0.3, 0.4) is 0 Å². The number of carboxylic acid groups (broad SMARTS) is 1. The topological polar surface area (TPSA) is 284 Å². The lowest BCUT2D eigenvalue weighted by atomic mass is 10.0. The molecule has 15 N–H and O–H groups in total. The standard InChI is InChI=1S/C30H61N9O6/c1-20(2)19-21(35)26(40)36-22(11-3-7-15-31)27(41)37-23(12-4-8-16-32)28(42)38-24(13-5-9-17-33)29(43)39-25(30(44)45)14-6-10-18-34/h20-25H,3-19,31-35H2,1-2H3,(H,36,40)(H,37,41)(H,38,42)(H,39,43)(H,44,45)/t21-,22-,23-,24-,25-/m0/s1. The maximum absolute atomic E-state index is 13.6. The van der Waals surface area contributed by atoms with Crippen LogP contribution in [0.4, 0.5) is 0 Å². The van der Waals surface area contributed by atoms with Crippen molar-refractivity contribution in [3.63, 3.8) is 0 Å². The highest BCUT2D eigenvalue weighted by atomic mass is 16.4. The maximum atomic E-state index is 13.6. The van der Waals surface area contributed by atoms with E-state index in [2.05, 4.69) is 21.3 Å². The molecule has 15 nitrogen and oxygen atoms in total. The summed E-state index contributed by atoms with van der Waals surface area (Å²) in [5, 5.41) is 20.4. The third-order valence-electron chi connectivity index (χ3n) is 7.36. The lowest BCUT2D eigenvalue weighted by molar-refractivity contribution is -0.142. The predicted octanol–water partition coefficient (Wildman–Crippen LogP) is -1.10. The second kappa shape index (κ2) is 25.4. The van der Waals surface area contributed by atoms with Crippen LogP contribution < -0.4 is 49.9 Å². The number of hydrogen-bond donors (Lipinski definition) is 10. The molecule has 4 amide bonds. The Balaban J connectivity index is 5.90. The molecule has 0 saturated carbocycles. The van der Waals surface area contributed by atoms with E-state index in [-0.39, 0.29) is 25.2 Å². The van der Waals surface area contributed by atoms with Gasteiger partial charge in [0.15, 0.2) is 0 Å². The zero-order valence-electron chi connectivity index (χ0n) is 27.4. The van der Waals surface area contributed by atoms with Crippen molar-refractivity contribution in [2.75, 3.05) is 26.2 Å². The number of hydrogen-bond acceptors (Lipinski definition) is 10. The molecule has 45 heavy (non-hydrogen) atoms. The molecular formula is C30H61N9O6. The van der Waals surface area contributed by atoms with Gasteiger partial charge in [-0.3, -0.25) is 19.2 Å². The van der Waals surface area contributed by atoms with Gasteiger partial charge < -0.3 is 55.0 Å². The van der Waals surface area contributed by atoms with Crippen molar-refractivity contribution in [2.45, 2.75) is 128 Å². The Morgan fingerprint density at radius 2 is 0.800 bits per heavy atom. The van der Waals surface area contributed by atoms with Crippen molar-refractivity contribution >= 4 is 29.6 Å². The van der Waals surface area contributed by atoms with Gasteiger partial charge in [0.2, 0.25) is 23.6 Å². The predicted molar refractivity (Wildman–Crippen MR) is 174 cm³/mol. The van der Waals surface area contributed by atoms with Crippen molar-refractivity contribution in [2.24, 2.45) is 34.6 Å². The van der Waals surface area contributed by atoms with E-state index in [1.54, 1.807) is 0 Å². The summed E-state index contributed by atoms with van der Waals surface area (Å²) in [5.74, 6) is -3.27. The number of amides is 4. The first-order chi connectivity index (χ1) is 21.4. The van der Waals surface area contributed by atoms with Gasteiger partial charge in [-0.15, -0.1) is 0 Å². The molecule has 0 aromatic rings. The molecule has 262 valence electrons. The number of unbranched alkanes of at least 4 members (excludes halogenated alkanes) is 4. The van der Waals surface area contributed by atoms with Gasteiger partial charge >= 0.3 is 5.97 Å². The number of aliphatic carboxylic acids is 1. The molecule has 5 atom stereocenters. The molecule has 0 aliphatic carbocycles. The van der Waals surface area contributed by atoms with Crippen LogP contribution >= 0.6 is 0 Å². The Bertz CT molecular complexity index is 877. The molecule has 0 fully saturated rings. The van der Waals surface area contributed by atoms with Gasteiger partial charge in [0.05, 0.1) is 6.04 Å². The molecule has 0 saturated heterocycles. The smallest absolute Gasteiger partial charge is 0.326 e. The van der Waals surface area contributed by atoms with Crippen LogP contribution in [-0.4, -0.2) is 91.1 Å². The fourth-order valence-corrected chi connectivity index (χ4v) is 4.75. The molecule has 0 aliphatic heterocycles. The molecule has 0 rings (SSSR count). The van der Waals surface area contributed by atoms with E-state index in [9.17, 15) is 29.1 Å². The number of carbonyl (C=O) groups excluding carboxylic acids is 4. The quantitative estimate of drug-likeness (QED) is 0.0479. The van der Waals surface area contributed by atoms with Gasteiger partial charge in [-0.2, -0.15) is 0 Å². The maximum Gasteiger partial charge on any atom is 0.326 e. The largest absolute Gasteiger partial charge is 0.480 e. The fraction of sp³-hybridized carbons (Fsp3) is 0.833. The number of rotatable bonds is 27. The summed E-state index contributed by atoms with van der Waals surface area (Å²) in [6, 6.07) is -4.97. The summed E-state index contributed by atoms with van der Waals surface area (Å²) in [6.07, 6.45) is 5.94. The highest BCUT2D eigenvalue weighted by Crippen LogP contribution is 2.10. The van der Waals surface area contributed by atoms with E-state index in [1.165, 1.54) is 0 Å². The number of nitrogens with one attached hydrogen (secondary N) is 4. The minimum Gasteiger partial charge on any atom is -0.480 e. The van der Waals surface area contributed by atoms with Crippen LogP contribution in [0.5, 0.6) is 0 Å². The van der Waals surface area contributed by atoms with Crippen molar-refractivity contribution in [3.05, 3.63) is 0 Å². The Hall–Kier alpha value is -2.85. The van der Waals surface area contributed by atoms with Gasteiger partial charge in [0.25, 0.3) is 0 Å². The molecule has 0 aromatic carbocycles. The van der Waals surface area contributed by atoms with Crippen LogP contribution in [0.25, 0.3) is 0 Å². The SMILES string of the molecule is CC(C)C[C@H](N)C(=O)N[C@@H](CCCCN)C(=O)N[C@@H](CCCCN)C(=O)N[C@@H](CCCCN)C(=O)N[C@@H](CCCCN)C(=O)O. The zero-order valence-corrected chi connectivity index (χ0v) is 27.4. The van der Waals surface area contributed by atoms with E-state index >= 15 is 0 Å². The Morgan fingerprint density at radius 1 is 0.511 bits per heavy atom. The van der Waals surface area contributed by atoms with Gasteiger partial charge in [-0.05, 0) is 116 Å². The minimum absolute atomic E-state index is 0.178. The summed E-state index contributed by atoms with van der Waals surface area (Å²) < 4.78 is 0.